The molecule has 0 spiro atoms. The summed E-state index contributed by atoms with van der Waals surface area (Å²) in [5.74, 6) is 0. The molecule has 0 aliphatic rings. The van der Waals surface area contributed by atoms with Crippen molar-refractivity contribution in [3.05, 3.63) is 35.9 Å². The molecule has 1 aromatic rings. The Morgan fingerprint density at radius 1 is 1.22 bits per heavy atom. The van der Waals surface area contributed by atoms with E-state index in [1.165, 1.54) is 10.5 Å². The lowest BCUT2D eigenvalue weighted by molar-refractivity contribution is 0.0722. The third-order valence-electron chi connectivity index (χ3n) is 2.48. The van der Waals surface area contributed by atoms with E-state index in [2.05, 4.69) is 50.3 Å². The molecule has 0 heterocycles. The molecule has 1 nitrogen and oxygen atoms in total. The molecule has 0 saturated heterocycles. The summed E-state index contributed by atoms with van der Waals surface area (Å²) in [4.78, 5) is 1.32. The second-order valence-corrected chi connectivity index (χ2v) is 7.14. The third kappa shape index (κ3) is 6.87. The number of hydrogen-bond donors (Lipinski definition) is 1. The number of thioether (sulfide) groups is 1. The Morgan fingerprint density at radius 3 is 2.33 bits per heavy atom. The van der Waals surface area contributed by atoms with Gasteiger partial charge in [-0.1, -0.05) is 38.1 Å². The molecule has 18 heavy (non-hydrogen) atoms. The Morgan fingerprint density at radius 2 is 1.83 bits per heavy atom. The average Bonchev–Trinajstić information content (AvgIpc) is 2.24. The van der Waals surface area contributed by atoms with Gasteiger partial charge < -0.3 is 5.11 Å². The standard InChI is InChI=1S/C16H24OS/c1-13(2)18-15-10-8-14(9-11-15)7-5-6-12-16(3,4)17/h5,7-11,13,17H,6,12H2,1-4H3/b7-5+. The van der Waals surface area contributed by atoms with Gasteiger partial charge in [0.25, 0.3) is 0 Å². The molecule has 100 valence electrons. The third-order valence-corrected chi connectivity index (χ3v) is 3.50. The molecule has 0 saturated carbocycles. The van der Waals surface area contributed by atoms with Crippen molar-refractivity contribution in [1.82, 2.24) is 0 Å². The SMILES string of the molecule is CC(C)Sc1ccc(/C=C/CCC(C)(C)O)cc1. The largest absolute Gasteiger partial charge is 0.390 e. The highest BCUT2D eigenvalue weighted by Crippen LogP contribution is 2.23. The van der Waals surface area contributed by atoms with Crippen LogP contribution in [0.3, 0.4) is 0 Å². The molecule has 1 aromatic carbocycles. The highest BCUT2D eigenvalue weighted by molar-refractivity contribution is 7.99. The number of allylic oxidation sites excluding steroid dienone is 1. The molecule has 0 bridgehead atoms. The van der Waals surface area contributed by atoms with E-state index in [-0.39, 0.29) is 0 Å². The van der Waals surface area contributed by atoms with Gasteiger partial charge in [0, 0.05) is 10.1 Å². The normalized spacial score (nSPS) is 12.6. The summed E-state index contributed by atoms with van der Waals surface area (Å²) in [5.41, 5.74) is 0.654. The van der Waals surface area contributed by atoms with Gasteiger partial charge in [0.05, 0.1) is 5.60 Å². The van der Waals surface area contributed by atoms with Crippen molar-refractivity contribution in [3.63, 3.8) is 0 Å². The van der Waals surface area contributed by atoms with Crippen LogP contribution in [0.1, 0.15) is 46.1 Å². The molecule has 0 fully saturated rings. The van der Waals surface area contributed by atoms with Crippen molar-refractivity contribution in [2.24, 2.45) is 0 Å². The van der Waals surface area contributed by atoms with Gasteiger partial charge in [-0.25, -0.2) is 0 Å². The van der Waals surface area contributed by atoms with Crippen LogP contribution in [0.25, 0.3) is 6.08 Å². The van der Waals surface area contributed by atoms with Crippen molar-refractivity contribution >= 4 is 17.8 Å². The monoisotopic (exact) mass is 264 g/mol. The fourth-order valence-electron chi connectivity index (χ4n) is 1.59. The first-order valence-electron chi connectivity index (χ1n) is 6.52. The number of hydrogen-bond acceptors (Lipinski definition) is 2. The van der Waals surface area contributed by atoms with Crippen LogP contribution in [0.15, 0.2) is 35.2 Å². The van der Waals surface area contributed by atoms with Gasteiger partial charge >= 0.3 is 0 Å². The first-order valence-corrected chi connectivity index (χ1v) is 7.40. The van der Waals surface area contributed by atoms with E-state index in [9.17, 15) is 5.11 Å². The second kappa shape index (κ2) is 7.01. The summed E-state index contributed by atoms with van der Waals surface area (Å²) in [5, 5.41) is 10.2. The molecule has 0 amide bonds. The lowest BCUT2D eigenvalue weighted by atomic mass is 10.0. The van der Waals surface area contributed by atoms with E-state index in [1.54, 1.807) is 0 Å². The van der Waals surface area contributed by atoms with Gasteiger partial charge in [0.1, 0.15) is 0 Å². The first-order chi connectivity index (χ1) is 8.37. The Labute approximate surface area is 115 Å². The predicted molar refractivity (Wildman–Crippen MR) is 82.0 cm³/mol. The van der Waals surface area contributed by atoms with Crippen LogP contribution in [0.5, 0.6) is 0 Å². The van der Waals surface area contributed by atoms with Gasteiger partial charge in [-0.05, 0) is 44.4 Å². The number of aliphatic hydroxyl groups is 1. The molecule has 1 rings (SSSR count). The van der Waals surface area contributed by atoms with E-state index < -0.39 is 5.60 Å². The van der Waals surface area contributed by atoms with Crippen LogP contribution in [0.2, 0.25) is 0 Å². The smallest absolute Gasteiger partial charge is 0.0594 e. The maximum absolute atomic E-state index is 9.60. The summed E-state index contributed by atoms with van der Waals surface area (Å²) >= 11 is 1.88. The zero-order valence-corrected chi connectivity index (χ0v) is 12.6. The molecule has 0 aromatic heterocycles. The maximum Gasteiger partial charge on any atom is 0.0594 e. The quantitative estimate of drug-likeness (QED) is 0.748. The minimum atomic E-state index is -0.567. The Hall–Kier alpha value is -0.730. The fourth-order valence-corrected chi connectivity index (χ4v) is 2.42. The Kier molecular flexibility index (Phi) is 5.97. The zero-order chi connectivity index (χ0) is 13.6. The molecule has 0 atom stereocenters. The molecule has 0 aliphatic heterocycles. The van der Waals surface area contributed by atoms with Crippen molar-refractivity contribution < 1.29 is 5.11 Å². The van der Waals surface area contributed by atoms with Gasteiger partial charge in [0.2, 0.25) is 0 Å². The average molecular weight is 264 g/mol. The van der Waals surface area contributed by atoms with Crippen LogP contribution < -0.4 is 0 Å². The van der Waals surface area contributed by atoms with Gasteiger partial charge in [-0.2, -0.15) is 0 Å². The molecule has 0 radical (unpaired) electrons. The topological polar surface area (TPSA) is 20.2 Å². The molecule has 1 N–H and O–H groups in total. The second-order valence-electron chi connectivity index (χ2n) is 5.49. The predicted octanol–water partition coefficient (Wildman–Crippen LogP) is 4.75. The summed E-state index contributed by atoms with van der Waals surface area (Å²) in [6, 6.07) is 8.62. The van der Waals surface area contributed by atoms with Crippen LogP contribution in [0.4, 0.5) is 0 Å². The van der Waals surface area contributed by atoms with Crippen LogP contribution in [-0.2, 0) is 0 Å². The van der Waals surface area contributed by atoms with Crippen molar-refractivity contribution in [1.29, 1.82) is 0 Å². The minimum Gasteiger partial charge on any atom is -0.390 e. The van der Waals surface area contributed by atoms with Gasteiger partial charge in [-0.3, -0.25) is 0 Å². The minimum absolute atomic E-state index is 0.567. The lowest BCUT2D eigenvalue weighted by Crippen LogP contribution is -2.17. The van der Waals surface area contributed by atoms with E-state index >= 15 is 0 Å². The maximum atomic E-state index is 9.60. The molecular formula is C16H24OS. The molecule has 0 unspecified atom stereocenters. The van der Waals surface area contributed by atoms with Gasteiger partial charge in [0.15, 0.2) is 0 Å². The summed E-state index contributed by atoms with van der Waals surface area (Å²) in [7, 11) is 0. The molecule has 2 heteroatoms. The number of rotatable bonds is 6. The van der Waals surface area contributed by atoms with Crippen molar-refractivity contribution in [2.45, 2.75) is 56.3 Å². The van der Waals surface area contributed by atoms with Crippen LogP contribution >= 0.6 is 11.8 Å². The van der Waals surface area contributed by atoms with Crippen molar-refractivity contribution in [2.75, 3.05) is 0 Å². The van der Waals surface area contributed by atoms with E-state index in [0.29, 0.717) is 5.25 Å². The van der Waals surface area contributed by atoms with Crippen LogP contribution in [-0.4, -0.2) is 16.0 Å². The first kappa shape index (κ1) is 15.3. The highest BCUT2D eigenvalue weighted by Gasteiger charge is 2.09. The fraction of sp³-hybridized carbons (Fsp3) is 0.500. The number of benzene rings is 1. The van der Waals surface area contributed by atoms with Crippen molar-refractivity contribution in [3.8, 4) is 0 Å². The summed E-state index contributed by atoms with van der Waals surface area (Å²) in [6.45, 7) is 8.10. The van der Waals surface area contributed by atoms with E-state index in [4.69, 9.17) is 0 Å². The van der Waals surface area contributed by atoms with Gasteiger partial charge in [-0.15, -0.1) is 11.8 Å². The van der Waals surface area contributed by atoms with Crippen LogP contribution in [0, 0.1) is 0 Å². The lowest BCUT2D eigenvalue weighted by Gasteiger charge is -2.14. The Balaban J connectivity index is 2.46. The summed E-state index contributed by atoms with van der Waals surface area (Å²) < 4.78 is 0. The van der Waals surface area contributed by atoms with E-state index in [0.717, 1.165) is 12.8 Å². The Bertz CT molecular complexity index is 371. The molecule has 0 aliphatic carbocycles. The van der Waals surface area contributed by atoms with E-state index in [1.807, 2.05) is 25.6 Å². The zero-order valence-electron chi connectivity index (χ0n) is 11.8. The molecular weight excluding hydrogens is 240 g/mol. The summed E-state index contributed by atoms with van der Waals surface area (Å²) in [6.07, 6.45) is 5.95. The highest BCUT2D eigenvalue weighted by atomic mass is 32.2.